The highest BCUT2D eigenvalue weighted by Crippen LogP contribution is 2.61. The van der Waals surface area contributed by atoms with Crippen LogP contribution in [0.15, 0.2) is 0 Å². The molecule has 0 spiro atoms. The maximum atomic E-state index is 12.0. The molecule has 1 atom stereocenters. The Balaban J connectivity index is 1.51. The van der Waals surface area contributed by atoms with Crippen molar-refractivity contribution in [1.82, 2.24) is 0 Å². The van der Waals surface area contributed by atoms with Crippen molar-refractivity contribution in [2.75, 3.05) is 13.2 Å². The summed E-state index contributed by atoms with van der Waals surface area (Å²) in [4.78, 5) is 0. The summed E-state index contributed by atoms with van der Waals surface area (Å²) in [6, 6.07) is 0. The van der Waals surface area contributed by atoms with Crippen LogP contribution in [-0.2, 0) is 4.74 Å². The molecule has 2 nitrogen and oxygen atoms in total. The third-order valence-corrected chi connectivity index (χ3v) is 5.39. The molecule has 0 aliphatic heterocycles. The van der Waals surface area contributed by atoms with Crippen molar-refractivity contribution in [3.8, 4) is 0 Å². The van der Waals surface area contributed by atoms with Crippen molar-refractivity contribution in [1.29, 1.82) is 0 Å². The summed E-state index contributed by atoms with van der Waals surface area (Å²) < 4.78 is 28.9. The highest BCUT2D eigenvalue weighted by molar-refractivity contribution is 5.01. The smallest absolute Gasteiger partial charge is 0.261 e. The van der Waals surface area contributed by atoms with Crippen LogP contribution in [0.1, 0.15) is 44.9 Å². The van der Waals surface area contributed by atoms with Crippen LogP contribution in [0.2, 0.25) is 0 Å². The molecule has 4 saturated carbocycles. The average Bonchev–Trinajstić information content (AvgIpc) is 2.25. The molecule has 0 saturated heterocycles. The molecule has 1 N–H and O–H groups in total. The molecule has 0 aromatic rings. The first-order valence-electron chi connectivity index (χ1n) is 7.59. The fraction of sp³-hybridized carbons (Fsp3) is 1.00. The van der Waals surface area contributed by atoms with Gasteiger partial charge in [-0.1, -0.05) is 0 Å². The van der Waals surface area contributed by atoms with E-state index in [0.29, 0.717) is 5.41 Å². The standard InChI is InChI=1S/C15H24F2O2/c16-14(17)9-19-8-13(18)7-15-4-10-1-11(5-15)3-12(2-10)6-15/h10-14,18H,1-9H2. The molecule has 4 aliphatic carbocycles. The summed E-state index contributed by atoms with van der Waals surface area (Å²) in [6.45, 7) is -0.496. The fourth-order valence-corrected chi connectivity index (χ4v) is 5.39. The zero-order chi connectivity index (χ0) is 13.5. The van der Waals surface area contributed by atoms with E-state index in [0.717, 1.165) is 24.2 Å². The predicted molar refractivity (Wildman–Crippen MR) is 68.1 cm³/mol. The van der Waals surface area contributed by atoms with Gasteiger partial charge in [-0.15, -0.1) is 0 Å². The van der Waals surface area contributed by atoms with Crippen LogP contribution >= 0.6 is 0 Å². The Morgan fingerprint density at radius 2 is 1.53 bits per heavy atom. The number of hydrogen-bond donors (Lipinski definition) is 1. The van der Waals surface area contributed by atoms with Crippen LogP contribution < -0.4 is 0 Å². The highest BCUT2D eigenvalue weighted by atomic mass is 19.3. The van der Waals surface area contributed by atoms with Crippen LogP contribution in [-0.4, -0.2) is 30.8 Å². The second-order valence-corrected chi connectivity index (χ2v) is 7.20. The van der Waals surface area contributed by atoms with Gasteiger partial charge < -0.3 is 9.84 Å². The van der Waals surface area contributed by atoms with E-state index in [1.165, 1.54) is 38.5 Å². The Bertz CT molecular complexity index is 284. The molecule has 0 heterocycles. The highest BCUT2D eigenvalue weighted by Gasteiger charge is 2.51. The van der Waals surface area contributed by atoms with Crippen LogP contribution in [0, 0.1) is 23.2 Å². The van der Waals surface area contributed by atoms with Crippen LogP contribution in [0.5, 0.6) is 0 Å². The minimum Gasteiger partial charge on any atom is -0.391 e. The lowest BCUT2D eigenvalue weighted by atomic mass is 9.48. The van der Waals surface area contributed by atoms with Crippen molar-refractivity contribution < 1.29 is 18.6 Å². The summed E-state index contributed by atoms with van der Waals surface area (Å²) in [5, 5.41) is 10.1. The van der Waals surface area contributed by atoms with Gasteiger partial charge in [-0.25, -0.2) is 8.78 Å². The van der Waals surface area contributed by atoms with E-state index in [4.69, 9.17) is 4.74 Å². The van der Waals surface area contributed by atoms with Crippen molar-refractivity contribution in [3.63, 3.8) is 0 Å². The molecular weight excluding hydrogens is 250 g/mol. The molecule has 0 radical (unpaired) electrons. The maximum Gasteiger partial charge on any atom is 0.261 e. The monoisotopic (exact) mass is 274 g/mol. The summed E-state index contributed by atoms with van der Waals surface area (Å²) in [5.41, 5.74) is 0.294. The van der Waals surface area contributed by atoms with Gasteiger partial charge in [0.1, 0.15) is 6.61 Å². The third-order valence-electron chi connectivity index (χ3n) is 5.39. The summed E-state index contributed by atoms with van der Waals surface area (Å²) in [5.74, 6) is 2.58. The molecule has 4 rings (SSSR count). The molecule has 4 aliphatic rings. The predicted octanol–water partition coefficient (Wildman–Crippen LogP) is 3.24. The van der Waals surface area contributed by atoms with Gasteiger partial charge in [0.2, 0.25) is 0 Å². The number of ether oxygens (including phenoxy) is 1. The lowest BCUT2D eigenvalue weighted by Crippen LogP contribution is -2.47. The lowest BCUT2D eigenvalue weighted by molar-refractivity contribution is -0.0911. The number of rotatable bonds is 6. The van der Waals surface area contributed by atoms with Crippen LogP contribution in [0.25, 0.3) is 0 Å². The maximum absolute atomic E-state index is 12.0. The zero-order valence-electron chi connectivity index (χ0n) is 11.4. The molecule has 1 unspecified atom stereocenters. The van der Waals surface area contributed by atoms with E-state index in [-0.39, 0.29) is 6.61 Å². The van der Waals surface area contributed by atoms with E-state index >= 15 is 0 Å². The van der Waals surface area contributed by atoms with Crippen molar-refractivity contribution in [3.05, 3.63) is 0 Å². The van der Waals surface area contributed by atoms with Crippen LogP contribution in [0.3, 0.4) is 0 Å². The topological polar surface area (TPSA) is 29.5 Å². The Kier molecular flexibility index (Phi) is 3.82. The van der Waals surface area contributed by atoms with E-state index in [9.17, 15) is 13.9 Å². The minimum absolute atomic E-state index is 0.0616. The van der Waals surface area contributed by atoms with Crippen LogP contribution in [0.4, 0.5) is 8.78 Å². The normalized spacial score (nSPS) is 42.0. The number of aliphatic hydroxyl groups is 1. The number of alkyl halides is 2. The molecule has 0 amide bonds. The zero-order valence-corrected chi connectivity index (χ0v) is 11.4. The SMILES string of the molecule is OC(COCC(F)F)CC12CC3CC(CC(C3)C1)C2. The molecule has 19 heavy (non-hydrogen) atoms. The number of halogens is 2. The molecule has 4 heteroatoms. The molecule has 4 fully saturated rings. The quantitative estimate of drug-likeness (QED) is 0.805. The summed E-state index contributed by atoms with van der Waals surface area (Å²) in [7, 11) is 0. The van der Waals surface area contributed by atoms with Crippen molar-refractivity contribution in [2.45, 2.75) is 57.5 Å². The molecule has 4 bridgehead atoms. The first-order valence-corrected chi connectivity index (χ1v) is 7.59. The number of aliphatic hydroxyl groups excluding tert-OH is 1. The van der Waals surface area contributed by atoms with E-state index in [1.807, 2.05) is 0 Å². The average molecular weight is 274 g/mol. The van der Waals surface area contributed by atoms with E-state index in [2.05, 4.69) is 0 Å². The van der Waals surface area contributed by atoms with Crippen molar-refractivity contribution >= 4 is 0 Å². The van der Waals surface area contributed by atoms with Gasteiger partial charge in [0.25, 0.3) is 6.43 Å². The molecule has 110 valence electrons. The van der Waals surface area contributed by atoms with Gasteiger partial charge in [-0.2, -0.15) is 0 Å². The molecular formula is C15H24F2O2. The summed E-state index contributed by atoms with van der Waals surface area (Å²) in [6.07, 6.45) is 5.62. The Morgan fingerprint density at radius 1 is 1.00 bits per heavy atom. The first-order chi connectivity index (χ1) is 9.05. The molecule has 0 aromatic heterocycles. The van der Waals surface area contributed by atoms with Gasteiger partial charge in [0, 0.05) is 0 Å². The third kappa shape index (κ3) is 3.10. The first kappa shape index (κ1) is 13.7. The fourth-order valence-electron chi connectivity index (χ4n) is 5.39. The Morgan fingerprint density at radius 3 is 2.00 bits per heavy atom. The van der Waals surface area contributed by atoms with Gasteiger partial charge >= 0.3 is 0 Å². The van der Waals surface area contributed by atoms with E-state index in [1.54, 1.807) is 0 Å². The van der Waals surface area contributed by atoms with Gasteiger partial charge in [-0.05, 0) is 68.1 Å². The van der Waals surface area contributed by atoms with Crippen molar-refractivity contribution in [2.24, 2.45) is 23.2 Å². The second kappa shape index (κ2) is 5.28. The van der Waals surface area contributed by atoms with Gasteiger partial charge in [0.05, 0.1) is 12.7 Å². The molecule has 0 aromatic carbocycles. The minimum atomic E-state index is -2.44. The Labute approximate surface area is 113 Å². The Hall–Kier alpha value is -0.220. The summed E-state index contributed by atoms with van der Waals surface area (Å²) >= 11 is 0. The lowest BCUT2D eigenvalue weighted by Gasteiger charge is -2.57. The largest absolute Gasteiger partial charge is 0.391 e. The van der Waals surface area contributed by atoms with Gasteiger partial charge in [0.15, 0.2) is 0 Å². The van der Waals surface area contributed by atoms with Gasteiger partial charge in [-0.3, -0.25) is 0 Å². The number of hydrogen-bond acceptors (Lipinski definition) is 2. The second-order valence-electron chi connectivity index (χ2n) is 7.20. The van der Waals surface area contributed by atoms with E-state index < -0.39 is 19.1 Å².